The van der Waals surface area contributed by atoms with Crippen LogP contribution in [0.4, 0.5) is 11.4 Å². The van der Waals surface area contributed by atoms with Crippen LogP contribution in [0, 0.1) is 20.8 Å². The number of carbonyl (C=O) groups excluding carboxylic acids is 1. The molecule has 0 spiro atoms. The Morgan fingerprint density at radius 3 is 2.22 bits per heavy atom. The van der Waals surface area contributed by atoms with Crippen molar-refractivity contribution < 1.29 is 13.2 Å². The van der Waals surface area contributed by atoms with E-state index in [1.54, 1.807) is 31.2 Å². The van der Waals surface area contributed by atoms with Crippen molar-refractivity contribution >= 4 is 38.1 Å². The molecule has 0 heterocycles. The third-order valence-electron chi connectivity index (χ3n) is 5.25. The number of hydrogen-bond donors (Lipinski definition) is 2. The van der Waals surface area contributed by atoms with Crippen LogP contribution in [0.2, 0.25) is 0 Å². The smallest absolute Gasteiger partial charge is 0.262 e. The third-order valence-corrected chi connectivity index (χ3v) is 6.77. The highest BCUT2D eigenvalue weighted by Crippen LogP contribution is 2.25. The van der Waals surface area contributed by atoms with E-state index in [2.05, 4.69) is 10.0 Å². The molecule has 4 rings (SSSR count). The Bertz CT molecular complexity index is 1420. The van der Waals surface area contributed by atoms with Crippen LogP contribution in [-0.4, -0.2) is 14.3 Å². The fourth-order valence-corrected chi connectivity index (χ4v) is 5.12. The summed E-state index contributed by atoms with van der Waals surface area (Å²) < 4.78 is 28.9. The summed E-state index contributed by atoms with van der Waals surface area (Å²) in [5.74, 6) is -0.371. The van der Waals surface area contributed by atoms with Crippen molar-refractivity contribution in [2.45, 2.75) is 25.7 Å². The Morgan fingerprint density at radius 2 is 1.47 bits per heavy atom. The summed E-state index contributed by atoms with van der Waals surface area (Å²) in [6.07, 6.45) is 0. The van der Waals surface area contributed by atoms with Gasteiger partial charge in [-0.2, -0.15) is 0 Å². The number of aryl methyl sites for hydroxylation is 3. The molecular formula is C26H24N2O3S. The molecule has 0 aliphatic carbocycles. The largest absolute Gasteiger partial charge is 0.321 e. The number of anilines is 2. The lowest BCUT2D eigenvalue weighted by Gasteiger charge is -2.14. The van der Waals surface area contributed by atoms with E-state index >= 15 is 0 Å². The summed E-state index contributed by atoms with van der Waals surface area (Å²) in [4.78, 5) is 13.0. The highest BCUT2D eigenvalue weighted by molar-refractivity contribution is 7.92. The average Bonchev–Trinajstić information content (AvgIpc) is 2.73. The lowest BCUT2D eigenvalue weighted by atomic mass is 10.1. The molecule has 5 nitrogen and oxygen atoms in total. The van der Waals surface area contributed by atoms with E-state index in [0.717, 1.165) is 21.9 Å². The first-order chi connectivity index (χ1) is 15.2. The minimum Gasteiger partial charge on any atom is -0.321 e. The fraction of sp³-hybridized carbons (Fsp3) is 0.115. The van der Waals surface area contributed by atoms with E-state index in [0.29, 0.717) is 16.9 Å². The van der Waals surface area contributed by atoms with Crippen LogP contribution in [0.25, 0.3) is 10.8 Å². The molecule has 0 atom stereocenters. The number of nitrogens with one attached hydrogen (secondary N) is 2. The summed E-state index contributed by atoms with van der Waals surface area (Å²) in [6, 6.07) is 23.6. The lowest BCUT2D eigenvalue weighted by molar-refractivity contribution is 0.102. The number of hydrogen-bond acceptors (Lipinski definition) is 3. The zero-order chi connectivity index (χ0) is 22.9. The van der Waals surface area contributed by atoms with Crippen LogP contribution in [0.1, 0.15) is 27.0 Å². The van der Waals surface area contributed by atoms with Crippen LogP contribution in [0.15, 0.2) is 83.8 Å². The van der Waals surface area contributed by atoms with Crippen molar-refractivity contribution in [3.05, 3.63) is 101 Å². The topological polar surface area (TPSA) is 75.3 Å². The van der Waals surface area contributed by atoms with Crippen molar-refractivity contribution in [2.75, 3.05) is 10.0 Å². The number of sulfonamides is 1. The van der Waals surface area contributed by atoms with E-state index in [4.69, 9.17) is 0 Å². The zero-order valence-corrected chi connectivity index (χ0v) is 19.0. The second-order valence-electron chi connectivity index (χ2n) is 7.94. The first kappa shape index (κ1) is 21.6. The van der Waals surface area contributed by atoms with Crippen LogP contribution < -0.4 is 10.0 Å². The highest BCUT2D eigenvalue weighted by Gasteiger charge is 2.20. The molecule has 162 valence electrons. The minimum absolute atomic E-state index is 0.0715. The van der Waals surface area contributed by atoms with Gasteiger partial charge in [-0.1, -0.05) is 48.5 Å². The molecule has 0 aliphatic heterocycles. The van der Waals surface area contributed by atoms with Crippen LogP contribution in [0.5, 0.6) is 0 Å². The van der Waals surface area contributed by atoms with E-state index in [1.807, 2.05) is 62.4 Å². The number of benzene rings is 4. The monoisotopic (exact) mass is 444 g/mol. The molecule has 0 aromatic heterocycles. The Labute approximate surface area is 188 Å². The minimum atomic E-state index is -3.87. The zero-order valence-electron chi connectivity index (χ0n) is 18.1. The predicted octanol–water partition coefficient (Wildman–Crippen LogP) is 5.82. The summed E-state index contributed by atoms with van der Waals surface area (Å²) in [7, 11) is -3.87. The SMILES string of the molecule is Cc1cc(C)cc(NS(=O)(=O)c2cc(C(=O)Nc3cccc4ccccc34)ccc2C)c1. The number of amides is 1. The quantitative estimate of drug-likeness (QED) is 0.407. The summed E-state index contributed by atoms with van der Waals surface area (Å²) in [6.45, 7) is 5.53. The number of carbonyl (C=O) groups is 1. The lowest BCUT2D eigenvalue weighted by Crippen LogP contribution is -2.17. The molecule has 6 heteroatoms. The molecule has 1 amide bonds. The van der Waals surface area contributed by atoms with Gasteiger partial charge in [0.2, 0.25) is 0 Å². The Hall–Kier alpha value is -3.64. The average molecular weight is 445 g/mol. The van der Waals surface area contributed by atoms with Gasteiger partial charge in [-0.05, 0) is 73.2 Å². The molecule has 0 bridgehead atoms. The summed E-state index contributed by atoms with van der Waals surface area (Å²) >= 11 is 0. The normalized spacial score (nSPS) is 11.3. The van der Waals surface area contributed by atoms with Crippen molar-refractivity contribution in [1.29, 1.82) is 0 Å². The first-order valence-electron chi connectivity index (χ1n) is 10.2. The van der Waals surface area contributed by atoms with Gasteiger partial charge in [-0.25, -0.2) is 8.42 Å². The maximum absolute atomic E-state index is 13.1. The van der Waals surface area contributed by atoms with Crippen molar-refractivity contribution in [3.8, 4) is 0 Å². The molecule has 0 radical (unpaired) electrons. The Kier molecular flexibility index (Phi) is 5.72. The van der Waals surface area contributed by atoms with Crippen LogP contribution in [0.3, 0.4) is 0 Å². The Morgan fingerprint density at radius 1 is 0.781 bits per heavy atom. The molecule has 4 aromatic rings. The van der Waals surface area contributed by atoms with Gasteiger partial charge >= 0.3 is 0 Å². The standard InChI is InChI=1S/C26H24N2O3S/c1-17-13-18(2)15-22(14-17)28-32(30,31)25-16-21(12-11-19(25)3)26(29)27-24-10-6-8-20-7-4-5-9-23(20)24/h4-16,28H,1-3H3,(H,27,29). The number of fused-ring (bicyclic) bond motifs is 1. The van der Waals surface area contributed by atoms with Gasteiger partial charge in [0.05, 0.1) is 4.90 Å². The van der Waals surface area contributed by atoms with Gasteiger partial charge in [0.25, 0.3) is 15.9 Å². The summed E-state index contributed by atoms with van der Waals surface area (Å²) in [5.41, 5.74) is 3.91. The molecule has 32 heavy (non-hydrogen) atoms. The number of rotatable bonds is 5. The third kappa shape index (κ3) is 4.50. The van der Waals surface area contributed by atoms with Crippen LogP contribution in [-0.2, 0) is 10.0 Å². The first-order valence-corrected chi connectivity index (χ1v) is 11.7. The van der Waals surface area contributed by atoms with Gasteiger partial charge in [0.15, 0.2) is 0 Å². The fourth-order valence-electron chi connectivity index (χ4n) is 3.80. The van der Waals surface area contributed by atoms with E-state index in [-0.39, 0.29) is 16.4 Å². The molecular weight excluding hydrogens is 420 g/mol. The van der Waals surface area contributed by atoms with Crippen molar-refractivity contribution in [2.24, 2.45) is 0 Å². The molecule has 0 saturated heterocycles. The maximum atomic E-state index is 13.1. The maximum Gasteiger partial charge on any atom is 0.262 e. The highest BCUT2D eigenvalue weighted by atomic mass is 32.2. The molecule has 0 unspecified atom stereocenters. The Balaban J connectivity index is 1.65. The molecule has 0 fully saturated rings. The van der Waals surface area contributed by atoms with E-state index < -0.39 is 10.0 Å². The molecule has 4 aromatic carbocycles. The van der Waals surface area contributed by atoms with Gasteiger partial charge < -0.3 is 5.32 Å². The van der Waals surface area contributed by atoms with Gasteiger partial charge in [0, 0.05) is 22.3 Å². The predicted molar refractivity (Wildman–Crippen MR) is 130 cm³/mol. The van der Waals surface area contributed by atoms with Gasteiger partial charge in [0.1, 0.15) is 0 Å². The second kappa shape index (κ2) is 8.48. The van der Waals surface area contributed by atoms with Gasteiger partial charge in [-0.3, -0.25) is 9.52 Å². The molecule has 0 aliphatic rings. The van der Waals surface area contributed by atoms with Crippen molar-refractivity contribution in [1.82, 2.24) is 0 Å². The van der Waals surface area contributed by atoms with Crippen LogP contribution >= 0.6 is 0 Å². The van der Waals surface area contributed by atoms with E-state index in [1.165, 1.54) is 6.07 Å². The van der Waals surface area contributed by atoms with Gasteiger partial charge in [-0.15, -0.1) is 0 Å². The second-order valence-corrected chi connectivity index (χ2v) is 9.59. The summed E-state index contributed by atoms with van der Waals surface area (Å²) in [5, 5.41) is 4.84. The molecule has 2 N–H and O–H groups in total. The molecule has 0 saturated carbocycles. The van der Waals surface area contributed by atoms with E-state index in [9.17, 15) is 13.2 Å². The van der Waals surface area contributed by atoms with Crippen molar-refractivity contribution in [3.63, 3.8) is 0 Å².